The standard InChI is InChI=1S/C10H12N6O2S/c17-8(9(18)14-10-15-13-7-19-10)12-2-1-4-16-5-3-11-6-16/h3,5-7H,1-2,4H2,(H,12,17)(H,14,15,18). The molecule has 9 heteroatoms. The van der Waals surface area contributed by atoms with E-state index in [9.17, 15) is 9.59 Å². The Kier molecular flexibility index (Phi) is 4.56. The Labute approximate surface area is 112 Å². The van der Waals surface area contributed by atoms with Gasteiger partial charge in [-0.2, -0.15) is 0 Å². The summed E-state index contributed by atoms with van der Waals surface area (Å²) in [6.07, 6.45) is 5.94. The summed E-state index contributed by atoms with van der Waals surface area (Å²) in [5.74, 6) is -1.42. The van der Waals surface area contributed by atoms with Gasteiger partial charge in [0.1, 0.15) is 5.51 Å². The van der Waals surface area contributed by atoms with Crippen LogP contribution < -0.4 is 10.6 Å². The van der Waals surface area contributed by atoms with Gasteiger partial charge in [-0.15, -0.1) is 10.2 Å². The van der Waals surface area contributed by atoms with Gasteiger partial charge in [0.25, 0.3) is 0 Å². The number of rotatable bonds is 5. The highest BCUT2D eigenvalue weighted by atomic mass is 32.1. The average Bonchev–Trinajstić information content (AvgIpc) is 3.07. The Morgan fingerprint density at radius 3 is 2.95 bits per heavy atom. The summed E-state index contributed by atoms with van der Waals surface area (Å²) in [5, 5.41) is 12.4. The second kappa shape index (κ2) is 6.59. The second-order valence-corrected chi connectivity index (χ2v) is 4.44. The summed E-state index contributed by atoms with van der Waals surface area (Å²) < 4.78 is 1.90. The largest absolute Gasteiger partial charge is 0.348 e. The lowest BCUT2D eigenvalue weighted by molar-refractivity contribution is -0.136. The van der Waals surface area contributed by atoms with Crippen molar-refractivity contribution in [3.05, 3.63) is 24.2 Å². The lowest BCUT2D eigenvalue weighted by Crippen LogP contribution is -2.36. The smallest absolute Gasteiger partial charge is 0.315 e. The number of amides is 2. The van der Waals surface area contributed by atoms with Crippen molar-refractivity contribution >= 4 is 28.3 Å². The van der Waals surface area contributed by atoms with Crippen LogP contribution in [0.15, 0.2) is 24.2 Å². The number of hydrogen-bond donors (Lipinski definition) is 2. The zero-order valence-corrected chi connectivity index (χ0v) is 10.8. The zero-order chi connectivity index (χ0) is 13.5. The SMILES string of the molecule is O=C(NCCCn1ccnc1)C(=O)Nc1nncs1. The molecule has 0 saturated carbocycles. The van der Waals surface area contributed by atoms with Gasteiger partial charge < -0.3 is 9.88 Å². The van der Waals surface area contributed by atoms with Crippen molar-refractivity contribution in [1.29, 1.82) is 0 Å². The van der Waals surface area contributed by atoms with Crippen LogP contribution >= 0.6 is 11.3 Å². The van der Waals surface area contributed by atoms with Crippen LogP contribution in [-0.4, -0.2) is 38.1 Å². The lowest BCUT2D eigenvalue weighted by atomic mass is 10.4. The summed E-state index contributed by atoms with van der Waals surface area (Å²) in [6.45, 7) is 1.15. The quantitative estimate of drug-likeness (QED) is 0.587. The molecular weight excluding hydrogens is 268 g/mol. The van der Waals surface area contributed by atoms with Gasteiger partial charge in [0, 0.05) is 25.5 Å². The minimum atomic E-state index is -0.737. The van der Waals surface area contributed by atoms with Crippen LogP contribution in [0.2, 0.25) is 0 Å². The van der Waals surface area contributed by atoms with E-state index >= 15 is 0 Å². The summed E-state index contributed by atoms with van der Waals surface area (Å²) in [5.41, 5.74) is 1.47. The van der Waals surface area contributed by atoms with E-state index in [-0.39, 0.29) is 0 Å². The average molecular weight is 280 g/mol. The van der Waals surface area contributed by atoms with Gasteiger partial charge in [-0.05, 0) is 6.42 Å². The molecular formula is C10H12N6O2S. The van der Waals surface area contributed by atoms with Crippen LogP contribution in [0.4, 0.5) is 5.13 Å². The Balaban J connectivity index is 1.65. The van der Waals surface area contributed by atoms with Gasteiger partial charge >= 0.3 is 11.8 Å². The first kappa shape index (κ1) is 13.1. The number of aromatic nitrogens is 4. The number of carbonyl (C=O) groups excluding carboxylic acids is 2. The van der Waals surface area contributed by atoms with Crippen molar-refractivity contribution in [2.24, 2.45) is 0 Å². The minimum absolute atomic E-state index is 0.304. The van der Waals surface area contributed by atoms with E-state index in [4.69, 9.17) is 0 Å². The molecule has 8 nitrogen and oxygen atoms in total. The molecule has 0 bridgehead atoms. The monoisotopic (exact) mass is 280 g/mol. The third kappa shape index (κ3) is 4.14. The first-order valence-corrected chi connectivity index (χ1v) is 6.45. The maximum absolute atomic E-state index is 11.4. The fourth-order valence-corrected chi connectivity index (χ4v) is 1.78. The molecule has 0 aliphatic heterocycles. The normalized spacial score (nSPS) is 10.1. The number of imidazole rings is 1. The van der Waals surface area contributed by atoms with Crippen LogP contribution in [0.5, 0.6) is 0 Å². The summed E-state index contributed by atoms with van der Waals surface area (Å²) in [7, 11) is 0. The number of anilines is 1. The van der Waals surface area contributed by atoms with Crippen molar-refractivity contribution < 1.29 is 9.59 Å². The third-order valence-corrected chi connectivity index (χ3v) is 2.83. The summed E-state index contributed by atoms with van der Waals surface area (Å²) >= 11 is 1.15. The highest BCUT2D eigenvalue weighted by molar-refractivity contribution is 7.13. The molecule has 19 heavy (non-hydrogen) atoms. The van der Waals surface area contributed by atoms with Gasteiger partial charge in [-0.25, -0.2) is 4.98 Å². The summed E-state index contributed by atoms with van der Waals surface area (Å²) in [6, 6.07) is 0. The third-order valence-electron chi connectivity index (χ3n) is 2.22. The van der Waals surface area contributed by atoms with E-state index < -0.39 is 11.8 Å². The Bertz CT molecular complexity index is 524. The number of carbonyl (C=O) groups is 2. The van der Waals surface area contributed by atoms with E-state index in [0.29, 0.717) is 18.1 Å². The fourth-order valence-electron chi connectivity index (χ4n) is 1.34. The van der Waals surface area contributed by atoms with Crippen molar-refractivity contribution in [3.63, 3.8) is 0 Å². The zero-order valence-electron chi connectivity index (χ0n) is 9.94. The molecule has 0 fully saturated rings. The number of nitrogens with one attached hydrogen (secondary N) is 2. The van der Waals surface area contributed by atoms with Crippen LogP contribution in [0.1, 0.15) is 6.42 Å². The van der Waals surface area contributed by atoms with Gasteiger partial charge in [-0.3, -0.25) is 14.9 Å². The van der Waals surface area contributed by atoms with E-state index in [2.05, 4.69) is 25.8 Å². The highest BCUT2D eigenvalue weighted by Gasteiger charge is 2.14. The molecule has 0 radical (unpaired) electrons. The van der Waals surface area contributed by atoms with E-state index in [1.54, 1.807) is 12.5 Å². The van der Waals surface area contributed by atoms with Crippen molar-refractivity contribution in [2.75, 3.05) is 11.9 Å². The predicted octanol–water partition coefficient (Wildman–Crippen LogP) is -0.120. The van der Waals surface area contributed by atoms with Crippen LogP contribution in [0.25, 0.3) is 0 Å². The van der Waals surface area contributed by atoms with Crippen molar-refractivity contribution in [3.8, 4) is 0 Å². The van der Waals surface area contributed by atoms with Crippen LogP contribution in [0.3, 0.4) is 0 Å². The first-order chi connectivity index (χ1) is 9.25. The molecule has 2 amide bonds. The second-order valence-electron chi connectivity index (χ2n) is 3.61. The van der Waals surface area contributed by atoms with E-state index in [0.717, 1.165) is 17.9 Å². The molecule has 0 aliphatic rings. The van der Waals surface area contributed by atoms with Crippen LogP contribution in [-0.2, 0) is 16.1 Å². The van der Waals surface area contributed by atoms with Gasteiger partial charge in [0.2, 0.25) is 5.13 Å². The fraction of sp³-hybridized carbons (Fsp3) is 0.300. The molecule has 0 spiro atoms. The van der Waals surface area contributed by atoms with Crippen LogP contribution in [0, 0.1) is 0 Å². The molecule has 0 saturated heterocycles. The predicted molar refractivity (Wildman–Crippen MR) is 68.4 cm³/mol. The van der Waals surface area contributed by atoms with Crippen molar-refractivity contribution in [1.82, 2.24) is 25.1 Å². The molecule has 0 aliphatic carbocycles. The van der Waals surface area contributed by atoms with E-state index in [1.165, 1.54) is 5.51 Å². The first-order valence-electron chi connectivity index (χ1n) is 5.57. The molecule has 0 aromatic carbocycles. The molecule has 2 rings (SSSR count). The molecule has 0 atom stereocenters. The number of nitrogens with zero attached hydrogens (tertiary/aromatic N) is 4. The molecule has 2 heterocycles. The maximum Gasteiger partial charge on any atom is 0.315 e. The molecule has 0 unspecified atom stereocenters. The van der Waals surface area contributed by atoms with E-state index in [1.807, 2.05) is 10.8 Å². The lowest BCUT2D eigenvalue weighted by Gasteiger charge is -2.05. The van der Waals surface area contributed by atoms with Crippen molar-refractivity contribution in [2.45, 2.75) is 13.0 Å². The number of aryl methyl sites for hydroxylation is 1. The van der Waals surface area contributed by atoms with Gasteiger partial charge in [-0.1, -0.05) is 11.3 Å². The Morgan fingerprint density at radius 2 is 2.26 bits per heavy atom. The Morgan fingerprint density at radius 1 is 1.37 bits per heavy atom. The molecule has 100 valence electrons. The number of hydrogen-bond acceptors (Lipinski definition) is 6. The molecule has 2 aromatic rings. The topological polar surface area (TPSA) is 102 Å². The Hall–Kier alpha value is -2.29. The molecule has 2 aromatic heterocycles. The van der Waals surface area contributed by atoms with Gasteiger partial charge in [0.05, 0.1) is 6.33 Å². The highest BCUT2D eigenvalue weighted by Crippen LogP contribution is 2.06. The summed E-state index contributed by atoms with van der Waals surface area (Å²) in [4.78, 5) is 26.8. The molecule has 2 N–H and O–H groups in total. The maximum atomic E-state index is 11.4. The van der Waals surface area contributed by atoms with Gasteiger partial charge in [0.15, 0.2) is 0 Å². The minimum Gasteiger partial charge on any atom is -0.348 e.